The Morgan fingerprint density at radius 2 is 1.57 bits per heavy atom. The quantitative estimate of drug-likeness (QED) is 0.384. The molecule has 0 saturated carbocycles. The summed E-state index contributed by atoms with van der Waals surface area (Å²) in [5.74, 6) is -1.38. The van der Waals surface area contributed by atoms with Crippen LogP contribution >= 0.6 is 31.9 Å². The lowest BCUT2D eigenvalue weighted by Gasteiger charge is -2.21. The van der Waals surface area contributed by atoms with Crippen molar-refractivity contribution < 1.29 is 29.0 Å². The first-order valence-electron chi connectivity index (χ1n) is 9.24. The molecule has 0 unspecified atom stereocenters. The zero-order chi connectivity index (χ0) is 23.1. The van der Waals surface area contributed by atoms with Crippen molar-refractivity contribution in [2.24, 2.45) is 5.92 Å². The van der Waals surface area contributed by atoms with Crippen LogP contribution in [0.4, 0.5) is 4.79 Å². The standard InChI is InChI=1S/C17H24N2O5.C3H4Br2O/c1-11(2)9-14(15(20)18-12(3)16(21)22)19-17(23)24-10-13-7-5-4-6-8-13;4-1-3(6)2-5/h4-8,11-12,14H,9-10H2,1-3H3,(H,18,20)(H,19,23)(H,21,22);1-2H2/t12-,14-;/m0./s1. The van der Waals surface area contributed by atoms with E-state index in [2.05, 4.69) is 42.5 Å². The summed E-state index contributed by atoms with van der Waals surface area (Å²) in [5, 5.41) is 14.6. The van der Waals surface area contributed by atoms with E-state index in [-0.39, 0.29) is 18.3 Å². The monoisotopic (exact) mass is 550 g/mol. The number of ether oxygens (including phenoxy) is 1. The predicted octanol–water partition coefficient (Wildman–Crippen LogP) is 3.26. The molecule has 1 rings (SSSR count). The smallest absolute Gasteiger partial charge is 0.408 e. The van der Waals surface area contributed by atoms with Crippen molar-refractivity contribution in [2.75, 3.05) is 10.7 Å². The van der Waals surface area contributed by atoms with E-state index in [1.54, 1.807) is 0 Å². The van der Waals surface area contributed by atoms with Gasteiger partial charge in [-0.05, 0) is 24.8 Å². The molecule has 0 aliphatic carbocycles. The largest absolute Gasteiger partial charge is 0.480 e. The van der Waals surface area contributed by atoms with Crippen molar-refractivity contribution in [1.82, 2.24) is 10.6 Å². The Bertz CT molecular complexity index is 679. The number of alkyl carbamates (subject to hydrolysis) is 1. The van der Waals surface area contributed by atoms with Gasteiger partial charge in [0.2, 0.25) is 5.91 Å². The number of hydrogen-bond acceptors (Lipinski definition) is 5. The fraction of sp³-hybridized carbons (Fsp3) is 0.500. The summed E-state index contributed by atoms with van der Waals surface area (Å²) < 4.78 is 5.10. The molecule has 30 heavy (non-hydrogen) atoms. The molecule has 1 aromatic carbocycles. The Morgan fingerprint density at radius 1 is 1.00 bits per heavy atom. The number of amides is 2. The van der Waals surface area contributed by atoms with Gasteiger partial charge in [-0.3, -0.25) is 14.4 Å². The third-order valence-electron chi connectivity index (χ3n) is 3.56. The molecule has 1 aromatic rings. The second-order valence-corrected chi connectivity index (χ2v) is 7.88. The van der Waals surface area contributed by atoms with Gasteiger partial charge in [-0.25, -0.2) is 4.79 Å². The maximum Gasteiger partial charge on any atom is 0.408 e. The number of rotatable bonds is 10. The maximum atomic E-state index is 12.2. The minimum atomic E-state index is -1.14. The molecule has 0 saturated heterocycles. The highest BCUT2D eigenvalue weighted by Gasteiger charge is 2.25. The number of alkyl halides is 2. The number of carbonyl (C=O) groups is 4. The number of halogens is 2. The van der Waals surface area contributed by atoms with Crippen molar-refractivity contribution in [3.05, 3.63) is 35.9 Å². The van der Waals surface area contributed by atoms with Crippen LogP contribution in [0.2, 0.25) is 0 Å². The van der Waals surface area contributed by atoms with Crippen LogP contribution in [0.1, 0.15) is 32.8 Å². The fourth-order valence-electron chi connectivity index (χ4n) is 2.02. The number of Topliss-reactive ketones (excluding diaryl/α,β-unsaturated/α-hetero) is 1. The minimum absolute atomic E-state index is 0.0915. The summed E-state index contributed by atoms with van der Waals surface area (Å²) in [5.41, 5.74) is 0.831. The molecule has 2 amide bonds. The van der Waals surface area contributed by atoms with Gasteiger partial charge >= 0.3 is 12.1 Å². The van der Waals surface area contributed by atoms with Gasteiger partial charge in [-0.15, -0.1) is 0 Å². The van der Waals surface area contributed by atoms with E-state index >= 15 is 0 Å². The van der Waals surface area contributed by atoms with Gasteiger partial charge in [0.25, 0.3) is 0 Å². The normalized spacial score (nSPS) is 12.1. The lowest BCUT2D eigenvalue weighted by Crippen LogP contribution is -2.51. The minimum Gasteiger partial charge on any atom is -0.480 e. The molecule has 0 aliphatic heterocycles. The molecule has 0 fully saturated rings. The molecule has 0 radical (unpaired) electrons. The second kappa shape index (κ2) is 15.8. The molecular weight excluding hydrogens is 524 g/mol. The number of carbonyl (C=O) groups excluding carboxylic acids is 3. The van der Waals surface area contributed by atoms with Gasteiger partial charge in [-0.1, -0.05) is 76.0 Å². The maximum absolute atomic E-state index is 12.2. The molecule has 0 aliphatic rings. The molecular formula is C20H28Br2N2O6. The van der Waals surface area contributed by atoms with Crippen molar-refractivity contribution in [1.29, 1.82) is 0 Å². The number of nitrogens with one attached hydrogen (secondary N) is 2. The van der Waals surface area contributed by atoms with E-state index in [9.17, 15) is 19.2 Å². The van der Waals surface area contributed by atoms with Crippen LogP contribution in [-0.4, -0.2) is 51.6 Å². The Kier molecular flexibility index (Phi) is 14.8. The molecule has 0 heterocycles. The molecule has 168 valence electrons. The van der Waals surface area contributed by atoms with Crippen molar-refractivity contribution in [3.63, 3.8) is 0 Å². The van der Waals surface area contributed by atoms with Gasteiger partial charge in [-0.2, -0.15) is 0 Å². The van der Waals surface area contributed by atoms with Crippen LogP contribution < -0.4 is 10.6 Å². The summed E-state index contributed by atoms with van der Waals surface area (Å²) in [6.45, 7) is 5.25. The second-order valence-electron chi connectivity index (χ2n) is 6.76. The first-order chi connectivity index (χ1) is 14.1. The molecule has 0 aromatic heterocycles. The summed E-state index contributed by atoms with van der Waals surface area (Å²) in [6.07, 6.45) is -0.346. The number of aliphatic carboxylic acids is 1. The lowest BCUT2D eigenvalue weighted by atomic mass is 10.0. The average molecular weight is 552 g/mol. The number of ketones is 1. The highest BCUT2D eigenvalue weighted by atomic mass is 79.9. The van der Waals surface area contributed by atoms with E-state index in [1.807, 2.05) is 44.2 Å². The first-order valence-corrected chi connectivity index (χ1v) is 11.5. The van der Waals surface area contributed by atoms with Gasteiger partial charge in [0.15, 0.2) is 5.78 Å². The predicted molar refractivity (Wildman–Crippen MR) is 121 cm³/mol. The third-order valence-corrected chi connectivity index (χ3v) is 4.81. The Hall–Kier alpha value is -1.94. The summed E-state index contributed by atoms with van der Waals surface area (Å²) in [6, 6.07) is 7.28. The van der Waals surface area contributed by atoms with Crippen LogP contribution in [0.3, 0.4) is 0 Å². The number of hydrogen-bond donors (Lipinski definition) is 3. The molecule has 0 spiro atoms. The fourth-order valence-corrected chi connectivity index (χ4v) is 2.95. The van der Waals surface area contributed by atoms with E-state index in [0.717, 1.165) is 5.56 Å². The lowest BCUT2D eigenvalue weighted by molar-refractivity contribution is -0.141. The van der Waals surface area contributed by atoms with Crippen molar-refractivity contribution >= 4 is 55.6 Å². The Morgan fingerprint density at radius 3 is 2.00 bits per heavy atom. The van der Waals surface area contributed by atoms with Crippen LogP contribution in [-0.2, 0) is 25.7 Å². The summed E-state index contributed by atoms with van der Waals surface area (Å²) >= 11 is 5.99. The van der Waals surface area contributed by atoms with Crippen LogP contribution in [0.15, 0.2) is 30.3 Å². The SMILES string of the molecule is CC(C)C[C@H](NC(=O)OCc1ccccc1)C(=O)N[C@@H](C)C(=O)O.O=C(CBr)CBr. The first kappa shape index (κ1) is 28.1. The van der Waals surface area contributed by atoms with Crippen molar-refractivity contribution in [3.8, 4) is 0 Å². The summed E-state index contributed by atoms with van der Waals surface area (Å²) in [4.78, 5) is 45.0. The van der Waals surface area contributed by atoms with Crippen LogP contribution in [0.25, 0.3) is 0 Å². The molecule has 8 nitrogen and oxygen atoms in total. The van der Waals surface area contributed by atoms with Gasteiger partial charge in [0, 0.05) is 0 Å². The molecule has 0 bridgehead atoms. The number of benzene rings is 1. The van der Waals surface area contributed by atoms with Crippen LogP contribution in [0, 0.1) is 5.92 Å². The van der Waals surface area contributed by atoms with Gasteiger partial charge < -0.3 is 20.5 Å². The van der Waals surface area contributed by atoms with Gasteiger partial charge in [0.1, 0.15) is 18.7 Å². The molecule has 10 heteroatoms. The average Bonchev–Trinajstić information content (AvgIpc) is 2.71. The topological polar surface area (TPSA) is 122 Å². The number of carboxylic acid groups (broad SMARTS) is 1. The van der Waals surface area contributed by atoms with E-state index in [0.29, 0.717) is 17.1 Å². The van der Waals surface area contributed by atoms with E-state index < -0.39 is 30.1 Å². The molecule has 2 atom stereocenters. The Balaban J connectivity index is 0.00000122. The van der Waals surface area contributed by atoms with Crippen molar-refractivity contribution in [2.45, 2.75) is 45.9 Å². The van der Waals surface area contributed by atoms with Crippen LogP contribution in [0.5, 0.6) is 0 Å². The Labute approximate surface area is 193 Å². The zero-order valence-corrected chi connectivity index (χ0v) is 20.4. The number of carboxylic acids is 1. The van der Waals surface area contributed by atoms with E-state index in [4.69, 9.17) is 9.84 Å². The van der Waals surface area contributed by atoms with Gasteiger partial charge in [0.05, 0.1) is 10.7 Å². The molecule has 3 N–H and O–H groups in total. The third kappa shape index (κ3) is 13.3. The van der Waals surface area contributed by atoms with E-state index in [1.165, 1.54) is 6.92 Å². The summed E-state index contributed by atoms with van der Waals surface area (Å²) in [7, 11) is 0. The highest BCUT2D eigenvalue weighted by Crippen LogP contribution is 2.07. The highest BCUT2D eigenvalue weighted by molar-refractivity contribution is 9.10. The zero-order valence-electron chi connectivity index (χ0n) is 17.2.